The van der Waals surface area contributed by atoms with E-state index in [1.165, 1.54) is 0 Å². The summed E-state index contributed by atoms with van der Waals surface area (Å²) >= 11 is 0. The lowest BCUT2D eigenvalue weighted by Gasteiger charge is -2.06. The minimum Gasteiger partial charge on any atom is -0.497 e. The molecular formula is C16H19N7O. The van der Waals surface area contributed by atoms with E-state index in [1.807, 2.05) is 31.2 Å². The molecule has 8 nitrogen and oxygen atoms in total. The second-order valence-electron chi connectivity index (χ2n) is 5.41. The van der Waals surface area contributed by atoms with Gasteiger partial charge in [-0.1, -0.05) is 5.21 Å². The molecule has 1 aromatic carbocycles. The Labute approximate surface area is 139 Å². The molecular weight excluding hydrogens is 306 g/mol. The first-order valence-electron chi connectivity index (χ1n) is 7.68. The average molecular weight is 325 g/mol. The van der Waals surface area contributed by atoms with Gasteiger partial charge in [0.1, 0.15) is 5.75 Å². The van der Waals surface area contributed by atoms with Crippen LogP contribution in [0, 0.1) is 5.41 Å². The van der Waals surface area contributed by atoms with Crippen LogP contribution in [0.25, 0.3) is 16.9 Å². The predicted octanol–water partition coefficient (Wildman–Crippen LogP) is 2.45. The second kappa shape index (κ2) is 7.03. The molecule has 2 aromatic heterocycles. The van der Waals surface area contributed by atoms with Crippen molar-refractivity contribution in [3.05, 3.63) is 30.5 Å². The lowest BCUT2D eigenvalue weighted by Crippen LogP contribution is -2.07. The molecule has 0 bridgehead atoms. The van der Waals surface area contributed by atoms with Gasteiger partial charge >= 0.3 is 0 Å². The number of fused-ring (bicyclic) bond motifs is 1. The second-order valence-corrected chi connectivity index (χ2v) is 5.41. The van der Waals surface area contributed by atoms with Gasteiger partial charge in [-0.05, 0) is 44.0 Å². The molecule has 0 saturated carbocycles. The third-order valence-electron chi connectivity index (χ3n) is 3.52. The van der Waals surface area contributed by atoms with Crippen LogP contribution in [0.4, 0.5) is 5.95 Å². The SMILES string of the molecule is COc1ccc(-n2nnc3cnc(NCCCC(C)=N)nc32)cc1. The first kappa shape index (κ1) is 15.9. The monoisotopic (exact) mass is 325 g/mol. The highest BCUT2D eigenvalue weighted by Gasteiger charge is 2.10. The quantitative estimate of drug-likeness (QED) is 0.511. The third-order valence-corrected chi connectivity index (χ3v) is 3.52. The molecule has 0 fully saturated rings. The summed E-state index contributed by atoms with van der Waals surface area (Å²) in [6.45, 7) is 2.52. The predicted molar refractivity (Wildman–Crippen MR) is 92.1 cm³/mol. The number of nitrogens with one attached hydrogen (secondary N) is 2. The van der Waals surface area contributed by atoms with Crippen LogP contribution in [-0.4, -0.2) is 44.3 Å². The molecule has 0 atom stereocenters. The maximum atomic E-state index is 7.43. The van der Waals surface area contributed by atoms with Crippen molar-refractivity contribution in [3.63, 3.8) is 0 Å². The Kier molecular flexibility index (Phi) is 4.64. The van der Waals surface area contributed by atoms with Gasteiger partial charge in [0.15, 0.2) is 11.2 Å². The van der Waals surface area contributed by atoms with Crippen LogP contribution in [0.3, 0.4) is 0 Å². The molecule has 0 aliphatic heterocycles. The highest BCUT2D eigenvalue weighted by atomic mass is 16.5. The van der Waals surface area contributed by atoms with Crippen molar-refractivity contribution in [2.45, 2.75) is 19.8 Å². The highest BCUT2D eigenvalue weighted by Crippen LogP contribution is 2.18. The number of nitrogens with zero attached hydrogens (tertiary/aromatic N) is 5. The van der Waals surface area contributed by atoms with E-state index in [4.69, 9.17) is 10.1 Å². The van der Waals surface area contributed by atoms with Gasteiger partial charge in [0.05, 0.1) is 19.0 Å². The summed E-state index contributed by atoms with van der Waals surface area (Å²) in [5.41, 5.74) is 2.80. The molecule has 0 saturated heterocycles. The van der Waals surface area contributed by atoms with Crippen molar-refractivity contribution in [1.82, 2.24) is 25.0 Å². The maximum Gasteiger partial charge on any atom is 0.224 e. The van der Waals surface area contributed by atoms with Crippen LogP contribution in [0.5, 0.6) is 5.75 Å². The number of hydrogen-bond donors (Lipinski definition) is 2. The summed E-state index contributed by atoms with van der Waals surface area (Å²) in [7, 11) is 1.63. The van der Waals surface area contributed by atoms with E-state index in [-0.39, 0.29) is 0 Å². The van der Waals surface area contributed by atoms with Gasteiger partial charge in [-0.15, -0.1) is 5.10 Å². The van der Waals surface area contributed by atoms with Crippen molar-refractivity contribution in [1.29, 1.82) is 5.41 Å². The van der Waals surface area contributed by atoms with Crippen LogP contribution >= 0.6 is 0 Å². The van der Waals surface area contributed by atoms with E-state index < -0.39 is 0 Å². The molecule has 8 heteroatoms. The van der Waals surface area contributed by atoms with Crippen LogP contribution in [0.1, 0.15) is 19.8 Å². The van der Waals surface area contributed by atoms with E-state index in [2.05, 4.69) is 25.6 Å². The van der Waals surface area contributed by atoms with Gasteiger partial charge in [0.2, 0.25) is 5.95 Å². The molecule has 0 spiro atoms. The molecule has 124 valence electrons. The van der Waals surface area contributed by atoms with Crippen molar-refractivity contribution < 1.29 is 4.74 Å². The van der Waals surface area contributed by atoms with Gasteiger partial charge in [-0.3, -0.25) is 0 Å². The van der Waals surface area contributed by atoms with E-state index in [0.717, 1.165) is 24.3 Å². The average Bonchev–Trinajstić information content (AvgIpc) is 3.02. The lowest BCUT2D eigenvalue weighted by molar-refractivity contribution is 0.414. The number of anilines is 1. The largest absolute Gasteiger partial charge is 0.497 e. The van der Waals surface area contributed by atoms with Crippen LogP contribution in [0.15, 0.2) is 30.5 Å². The smallest absolute Gasteiger partial charge is 0.224 e. The molecule has 3 aromatic rings. The van der Waals surface area contributed by atoms with Crippen LogP contribution < -0.4 is 10.1 Å². The minimum absolute atomic E-state index is 0.530. The van der Waals surface area contributed by atoms with Crippen molar-refractivity contribution in [2.75, 3.05) is 19.0 Å². The first-order valence-corrected chi connectivity index (χ1v) is 7.68. The fraction of sp³-hybridized carbons (Fsp3) is 0.312. The van der Waals surface area contributed by atoms with Gasteiger partial charge < -0.3 is 15.5 Å². The van der Waals surface area contributed by atoms with E-state index in [1.54, 1.807) is 18.0 Å². The Morgan fingerprint density at radius 2 is 2.08 bits per heavy atom. The van der Waals surface area contributed by atoms with Gasteiger partial charge in [0, 0.05) is 12.3 Å². The van der Waals surface area contributed by atoms with Gasteiger partial charge in [0.25, 0.3) is 0 Å². The van der Waals surface area contributed by atoms with Gasteiger partial charge in [-0.2, -0.15) is 9.67 Å². The number of rotatable bonds is 7. The van der Waals surface area contributed by atoms with E-state index in [0.29, 0.717) is 29.4 Å². The van der Waals surface area contributed by atoms with E-state index in [9.17, 15) is 0 Å². The Balaban J connectivity index is 1.81. The molecule has 24 heavy (non-hydrogen) atoms. The molecule has 0 aliphatic carbocycles. The van der Waals surface area contributed by atoms with Crippen LogP contribution in [-0.2, 0) is 0 Å². The molecule has 0 aliphatic rings. The Hall–Kier alpha value is -3.03. The Morgan fingerprint density at radius 1 is 1.29 bits per heavy atom. The number of benzene rings is 1. The lowest BCUT2D eigenvalue weighted by atomic mass is 10.2. The summed E-state index contributed by atoms with van der Waals surface area (Å²) < 4.78 is 6.84. The zero-order valence-corrected chi connectivity index (χ0v) is 13.7. The summed E-state index contributed by atoms with van der Waals surface area (Å²) in [4.78, 5) is 8.75. The normalized spacial score (nSPS) is 10.8. The molecule has 3 rings (SSSR count). The topological polar surface area (TPSA) is 102 Å². The van der Waals surface area contributed by atoms with Crippen molar-refractivity contribution in [2.24, 2.45) is 0 Å². The summed E-state index contributed by atoms with van der Waals surface area (Å²) in [6.07, 6.45) is 3.28. The minimum atomic E-state index is 0.530. The zero-order valence-electron chi connectivity index (χ0n) is 13.7. The standard InChI is InChI=1S/C16H19N7O/c1-11(17)4-3-9-18-16-19-10-14-15(20-16)23(22-21-14)12-5-7-13(24-2)8-6-12/h5-8,10,17H,3-4,9H2,1-2H3,(H,18,19,20). The molecule has 0 radical (unpaired) electrons. The molecule has 2 N–H and O–H groups in total. The first-order chi connectivity index (χ1) is 11.7. The molecule has 0 amide bonds. The number of hydrogen-bond acceptors (Lipinski definition) is 7. The third kappa shape index (κ3) is 3.48. The number of methoxy groups -OCH3 is 1. The Bertz CT molecular complexity index is 841. The summed E-state index contributed by atoms with van der Waals surface area (Å²) in [5.74, 6) is 1.31. The van der Waals surface area contributed by atoms with Crippen LogP contribution in [0.2, 0.25) is 0 Å². The molecule has 2 heterocycles. The summed E-state index contributed by atoms with van der Waals surface area (Å²) in [5, 5.41) is 18.8. The summed E-state index contributed by atoms with van der Waals surface area (Å²) in [6, 6.07) is 7.52. The molecule has 0 unspecified atom stereocenters. The van der Waals surface area contributed by atoms with Crippen molar-refractivity contribution in [3.8, 4) is 11.4 Å². The maximum absolute atomic E-state index is 7.43. The fourth-order valence-electron chi connectivity index (χ4n) is 2.26. The number of ether oxygens (including phenoxy) is 1. The van der Waals surface area contributed by atoms with E-state index >= 15 is 0 Å². The van der Waals surface area contributed by atoms with Gasteiger partial charge in [-0.25, -0.2) is 4.98 Å². The Morgan fingerprint density at radius 3 is 2.79 bits per heavy atom. The fourth-order valence-corrected chi connectivity index (χ4v) is 2.26. The highest BCUT2D eigenvalue weighted by molar-refractivity contribution is 5.78. The van der Waals surface area contributed by atoms with Crippen molar-refractivity contribution >= 4 is 22.8 Å². The number of aromatic nitrogens is 5. The zero-order chi connectivity index (χ0) is 16.9.